The third kappa shape index (κ3) is 18.6. The summed E-state index contributed by atoms with van der Waals surface area (Å²) in [6, 6.07) is 14.1. The van der Waals surface area contributed by atoms with Crippen LogP contribution in [0, 0.1) is 0 Å². The molecule has 0 fully saturated rings. The largest absolute Gasteiger partial charge is 0.747 e. The molecule has 0 radical (unpaired) electrons. The summed E-state index contributed by atoms with van der Waals surface area (Å²) in [5, 5.41) is 0.613. The SMILES string of the molecule is CC(=O)[c-]1cccc1COCCCCCCO[Si](C)(C)C(C)(C)C.CC(C)(C)[Si](C)(C)OCCCCCCOC[c-]1[cH-][cH-][cH-][cH-]1.[Fe]. The summed E-state index contributed by atoms with van der Waals surface area (Å²) < 4.78 is 23.7. The Bertz CT molecular complexity index is 1030. The molecule has 0 aromatic heterocycles. The first-order valence-corrected chi connectivity index (χ1v) is 23.2. The van der Waals surface area contributed by atoms with Crippen LogP contribution in [0.15, 0.2) is 42.5 Å². The van der Waals surface area contributed by atoms with Crippen molar-refractivity contribution in [1.29, 1.82) is 0 Å². The van der Waals surface area contributed by atoms with Crippen LogP contribution >= 0.6 is 0 Å². The zero-order valence-electron chi connectivity index (χ0n) is 31.3. The molecule has 2 aromatic carbocycles. The number of ether oxygens (including phenoxy) is 2. The molecule has 272 valence electrons. The second-order valence-corrected chi connectivity index (χ2v) is 25.1. The summed E-state index contributed by atoms with van der Waals surface area (Å²) in [4.78, 5) is 11.4. The minimum absolute atomic E-state index is 0. The second kappa shape index (κ2) is 22.7. The topological polar surface area (TPSA) is 54.0 Å². The first-order chi connectivity index (χ1) is 21.0. The van der Waals surface area contributed by atoms with Gasteiger partial charge >= 0.3 is 0 Å². The molecule has 0 heterocycles. The van der Waals surface area contributed by atoms with Crippen molar-refractivity contribution in [2.45, 2.75) is 149 Å². The molecule has 0 aliphatic heterocycles. The van der Waals surface area contributed by atoms with Crippen molar-refractivity contribution in [3.05, 3.63) is 59.2 Å². The van der Waals surface area contributed by atoms with Crippen molar-refractivity contribution in [2.75, 3.05) is 26.4 Å². The smallest absolute Gasteiger partial charge is 0.191 e. The van der Waals surface area contributed by atoms with E-state index in [2.05, 4.69) is 92.0 Å². The van der Waals surface area contributed by atoms with E-state index >= 15 is 0 Å². The van der Waals surface area contributed by atoms with Crippen molar-refractivity contribution in [1.82, 2.24) is 0 Å². The van der Waals surface area contributed by atoms with E-state index in [1.807, 2.05) is 18.2 Å². The molecule has 0 atom stereocenters. The number of rotatable bonds is 21. The molecule has 0 unspecified atom stereocenters. The molecule has 0 bridgehead atoms. The minimum Gasteiger partial charge on any atom is -0.747 e. The third-order valence-corrected chi connectivity index (χ3v) is 18.5. The van der Waals surface area contributed by atoms with E-state index < -0.39 is 16.6 Å². The quantitative estimate of drug-likeness (QED) is 0.0557. The van der Waals surface area contributed by atoms with E-state index in [0.717, 1.165) is 63.4 Å². The van der Waals surface area contributed by atoms with Crippen LogP contribution in [-0.4, -0.2) is 48.8 Å². The average molecular weight is 717 g/mol. The van der Waals surface area contributed by atoms with E-state index in [9.17, 15) is 4.79 Å². The number of Topliss-reactive ketones (excluding diaryl/α,β-unsaturated/α-hetero) is 1. The first-order valence-electron chi connectivity index (χ1n) is 17.4. The second-order valence-electron chi connectivity index (χ2n) is 15.5. The number of carbonyl (C=O) groups excluding carboxylic acids is 1. The van der Waals surface area contributed by atoms with Crippen molar-refractivity contribution in [3.63, 3.8) is 0 Å². The Balaban J connectivity index is 0.000000869. The molecule has 0 saturated heterocycles. The van der Waals surface area contributed by atoms with Crippen LogP contribution in [0.25, 0.3) is 0 Å². The Labute approximate surface area is 296 Å². The summed E-state index contributed by atoms with van der Waals surface area (Å²) in [6.07, 6.45) is 9.36. The molecule has 0 aliphatic rings. The van der Waals surface area contributed by atoms with Gasteiger partial charge in [0.15, 0.2) is 16.6 Å². The van der Waals surface area contributed by atoms with Gasteiger partial charge in [-0.1, -0.05) is 72.8 Å². The van der Waals surface area contributed by atoms with Crippen LogP contribution in [0.4, 0.5) is 0 Å². The molecular formula is C38H68FeO5Si2-6. The Morgan fingerprint density at radius 3 is 1.59 bits per heavy atom. The Morgan fingerprint density at radius 1 is 0.717 bits per heavy atom. The maximum Gasteiger partial charge on any atom is 0.191 e. The van der Waals surface area contributed by atoms with Gasteiger partial charge in [0.05, 0.1) is 0 Å². The van der Waals surface area contributed by atoms with Crippen LogP contribution in [0.3, 0.4) is 0 Å². The summed E-state index contributed by atoms with van der Waals surface area (Å²) in [6.45, 7) is 29.3. The summed E-state index contributed by atoms with van der Waals surface area (Å²) >= 11 is 0. The fourth-order valence-electron chi connectivity index (χ4n) is 4.22. The third-order valence-electron chi connectivity index (χ3n) is 9.45. The molecule has 46 heavy (non-hydrogen) atoms. The minimum atomic E-state index is -1.58. The van der Waals surface area contributed by atoms with E-state index in [4.69, 9.17) is 18.3 Å². The zero-order valence-corrected chi connectivity index (χ0v) is 34.4. The molecule has 0 spiro atoms. The van der Waals surface area contributed by atoms with Crippen molar-refractivity contribution in [2.24, 2.45) is 0 Å². The van der Waals surface area contributed by atoms with Crippen LogP contribution < -0.4 is 0 Å². The normalized spacial score (nSPS) is 12.4. The van der Waals surface area contributed by atoms with Crippen molar-refractivity contribution >= 4 is 22.4 Å². The monoisotopic (exact) mass is 716 g/mol. The Kier molecular flexibility index (Phi) is 22.3. The molecule has 2 aromatic rings. The number of unbranched alkanes of at least 4 members (excludes halogenated alkanes) is 6. The first kappa shape index (κ1) is 45.2. The van der Waals surface area contributed by atoms with E-state index in [0.29, 0.717) is 16.7 Å². The maximum atomic E-state index is 11.4. The maximum absolute atomic E-state index is 11.4. The van der Waals surface area contributed by atoms with Gasteiger partial charge in [0.1, 0.15) is 5.78 Å². The number of ketones is 1. The zero-order chi connectivity index (χ0) is 34.0. The molecule has 0 saturated carbocycles. The van der Waals surface area contributed by atoms with Gasteiger partial charge in [0.2, 0.25) is 0 Å². The fraction of sp³-hybridized carbons (Fsp3) is 0.711. The van der Waals surface area contributed by atoms with Gasteiger partial charge in [-0.3, -0.25) is 0 Å². The van der Waals surface area contributed by atoms with E-state index in [1.54, 1.807) is 6.92 Å². The van der Waals surface area contributed by atoms with Gasteiger partial charge in [0.25, 0.3) is 0 Å². The van der Waals surface area contributed by atoms with Crippen LogP contribution in [0.5, 0.6) is 0 Å². The van der Waals surface area contributed by atoms with Crippen molar-refractivity contribution in [3.8, 4) is 0 Å². The average Bonchev–Trinajstić information content (AvgIpc) is 3.63. The summed E-state index contributed by atoms with van der Waals surface area (Å²) in [5.41, 5.74) is 3.07. The van der Waals surface area contributed by atoms with Crippen LogP contribution in [-0.2, 0) is 48.6 Å². The van der Waals surface area contributed by atoms with Gasteiger partial charge in [0, 0.05) is 50.1 Å². The van der Waals surface area contributed by atoms with Gasteiger partial charge < -0.3 is 52.9 Å². The Morgan fingerprint density at radius 2 is 1.15 bits per heavy atom. The van der Waals surface area contributed by atoms with Gasteiger partial charge in [-0.2, -0.15) is 6.07 Å². The van der Waals surface area contributed by atoms with Crippen LogP contribution in [0.2, 0.25) is 36.3 Å². The van der Waals surface area contributed by atoms with Gasteiger partial charge in [-0.05, 0) is 68.9 Å². The van der Waals surface area contributed by atoms with Crippen molar-refractivity contribution < 1.29 is 40.2 Å². The van der Waals surface area contributed by atoms with E-state index in [1.165, 1.54) is 37.7 Å². The Hall–Kier alpha value is -0.837. The molecule has 0 aliphatic carbocycles. The van der Waals surface area contributed by atoms with Crippen LogP contribution in [0.1, 0.15) is 121 Å². The van der Waals surface area contributed by atoms with Gasteiger partial charge in [-0.15, -0.1) is 12.2 Å². The molecule has 8 heteroatoms. The summed E-state index contributed by atoms with van der Waals surface area (Å²) in [7, 11) is -3.13. The predicted octanol–water partition coefficient (Wildman–Crippen LogP) is 11.2. The summed E-state index contributed by atoms with van der Waals surface area (Å²) in [5.74, 6) is 0.111. The number of hydrogen-bond donors (Lipinski definition) is 0. The standard InChI is InChI=1S/C20H35O3Si.C18H33O2Si.Fe/c1-17(21)19-13-11-12-18(19)16-22-14-9-7-8-10-15-23-24(5,6)20(2,3)4;1-18(2,3)21(4,5)20-15-11-7-6-10-14-19-16-17-12-8-9-13-17;/h11-13H,7-10,14-16H2,1-6H3;8-9,12-13H,6-7,10-11,14-16H2,1-5H3;/q-1;-5;. The number of hydrogen-bond acceptors (Lipinski definition) is 5. The fourth-order valence-corrected chi connectivity index (χ4v) is 6.39. The molecule has 5 nitrogen and oxygen atoms in total. The van der Waals surface area contributed by atoms with E-state index in [-0.39, 0.29) is 22.9 Å². The molecular weight excluding hydrogens is 648 g/mol. The van der Waals surface area contributed by atoms with Gasteiger partial charge in [-0.25, -0.2) is 12.1 Å². The predicted molar refractivity (Wildman–Crippen MR) is 197 cm³/mol. The number of carbonyl (C=O) groups is 1. The molecule has 0 N–H and O–H groups in total. The molecule has 0 amide bonds. The molecule has 2 rings (SSSR count).